The van der Waals surface area contributed by atoms with Gasteiger partial charge in [-0.05, 0) is 24.1 Å². The minimum absolute atomic E-state index is 0.0754. The summed E-state index contributed by atoms with van der Waals surface area (Å²) in [5.41, 5.74) is 1.70. The SMILES string of the molecule is CC(C)Cn1c(=O)c2cc(O)c3ccccc3c2n1-c1ccccc1. The fourth-order valence-corrected chi connectivity index (χ4v) is 3.43. The Hall–Kier alpha value is -3.01. The van der Waals surface area contributed by atoms with Crippen molar-refractivity contribution in [2.45, 2.75) is 20.4 Å². The van der Waals surface area contributed by atoms with Crippen LogP contribution in [0.4, 0.5) is 0 Å². The third kappa shape index (κ3) is 2.41. The maximum atomic E-state index is 13.1. The van der Waals surface area contributed by atoms with E-state index in [1.807, 2.05) is 59.3 Å². The highest BCUT2D eigenvalue weighted by Gasteiger charge is 2.19. The molecular weight excluding hydrogens is 312 g/mol. The molecule has 126 valence electrons. The highest BCUT2D eigenvalue weighted by atomic mass is 16.3. The van der Waals surface area contributed by atoms with E-state index in [2.05, 4.69) is 13.8 Å². The largest absolute Gasteiger partial charge is 0.507 e. The van der Waals surface area contributed by atoms with E-state index in [0.29, 0.717) is 17.8 Å². The van der Waals surface area contributed by atoms with Gasteiger partial charge in [0.2, 0.25) is 0 Å². The van der Waals surface area contributed by atoms with Gasteiger partial charge in [0.05, 0.1) is 16.6 Å². The Morgan fingerprint density at radius 2 is 1.56 bits per heavy atom. The van der Waals surface area contributed by atoms with E-state index in [4.69, 9.17) is 0 Å². The van der Waals surface area contributed by atoms with Gasteiger partial charge >= 0.3 is 0 Å². The average Bonchev–Trinajstić information content (AvgIpc) is 2.88. The zero-order valence-corrected chi connectivity index (χ0v) is 14.3. The maximum absolute atomic E-state index is 13.1. The molecule has 4 aromatic rings. The molecule has 0 spiro atoms. The number of phenolic OH excluding ortho intramolecular Hbond substituents is 1. The average molecular weight is 332 g/mol. The second-order valence-corrected chi connectivity index (χ2v) is 6.77. The highest BCUT2D eigenvalue weighted by molar-refractivity contribution is 6.08. The number of para-hydroxylation sites is 1. The molecule has 0 radical (unpaired) electrons. The van der Waals surface area contributed by atoms with Crippen molar-refractivity contribution in [2.75, 3.05) is 0 Å². The smallest absolute Gasteiger partial charge is 0.275 e. The van der Waals surface area contributed by atoms with Crippen LogP contribution in [0, 0.1) is 5.92 Å². The van der Waals surface area contributed by atoms with Gasteiger partial charge in [0.1, 0.15) is 5.75 Å². The monoisotopic (exact) mass is 332 g/mol. The van der Waals surface area contributed by atoms with Gasteiger partial charge in [-0.1, -0.05) is 56.3 Å². The Morgan fingerprint density at radius 1 is 0.920 bits per heavy atom. The Kier molecular flexibility index (Phi) is 3.61. The predicted octanol–water partition coefficient (Wildman–Crippen LogP) is 4.31. The molecule has 0 atom stereocenters. The first-order valence-corrected chi connectivity index (χ1v) is 8.49. The standard InChI is InChI=1S/C21H20N2O2/c1-14(2)13-22-21(25)18-12-19(24)16-10-6-7-11-17(16)20(18)23(22)15-8-4-3-5-9-15/h3-12,14,24H,13H2,1-2H3. The van der Waals surface area contributed by atoms with Gasteiger partial charge in [-0.3, -0.25) is 4.79 Å². The zero-order valence-electron chi connectivity index (χ0n) is 14.3. The number of aromatic nitrogens is 2. The Balaban J connectivity index is 2.23. The molecule has 0 bridgehead atoms. The molecule has 0 aliphatic heterocycles. The second kappa shape index (κ2) is 5.81. The minimum atomic E-state index is -0.0754. The first kappa shape index (κ1) is 15.5. The molecule has 0 saturated carbocycles. The van der Waals surface area contributed by atoms with E-state index in [0.717, 1.165) is 22.0 Å². The molecule has 1 heterocycles. The lowest BCUT2D eigenvalue weighted by molar-refractivity contribution is 0.447. The van der Waals surface area contributed by atoms with Crippen LogP contribution in [0.25, 0.3) is 27.4 Å². The minimum Gasteiger partial charge on any atom is -0.507 e. The summed E-state index contributed by atoms with van der Waals surface area (Å²) >= 11 is 0. The third-order valence-electron chi connectivity index (χ3n) is 4.45. The van der Waals surface area contributed by atoms with Crippen LogP contribution >= 0.6 is 0 Å². The lowest BCUT2D eigenvalue weighted by Gasteiger charge is -2.15. The number of fused-ring (bicyclic) bond motifs is 3. The van der Waals surface area contributed by atoms with E-state index >= 15 is 0 Å². The van der Waals surface area contributed by atoms with Crippen LogP contribution in [0.1, 0.15) is 13.8 Å². The van der Waals surface area contributed by atoms with Gasteiger partial charge < -0.3 is 5.11 Å². The number of hydrogen-bond acceptors (Lipinski definition) is 2. The summed E-state index contributed by atoms with van der Waals surface area (Å²) in [6.45, 7) is 4.79. The second-order valence-electron chi connectivity index (χ2n) is 6.77. The first-order chi connectivity index (χ1) is 12.1. The van der Waals surface area contributed by atoms with Crippen LogP contribution in [-0.4, -0.2) is 14.5 Å². The molecule has 25 heavy (non-hydrogen) atoms. The first-order valence-electron chi connectivity index (χ1n) is 8.49. The normalized spacial score (nSPS) is 11.6. The topological polar surface area (TPSA) is 47.2 Å². The lowest BCUT2D eigenvalue weighted by atomic mass is 10.1. The molecule has 0 saturated heterocycles. The molecule has 4 heteroatoms. The van der Waals surface area contributed by atoms with Crippen molar-refractivity contribution in [3.05, 3.63) is 71.0 Å². The van der Waals surface area contributed by atoms with Gasteiger partial charge in [0, 0.05) is 17.3 Å². The van der Waals surface area contributed by atoms with Gasteiger partial charge in [-0.15, -0.1) is 0 Å². The quantitative estimate of drug-likeness (QED) is 0.608. The molecule has 0 amide bonds. The van der Waals surface area contributed by atoms with Crippen LogP contribution in [0.5, 0.6) is 5.75 Å². The number of hydrogen-bond donors (Lipinski definition) is 1. The number of phenols is 1. The number of rotatable bonds is 3. The van der Waals surface area contributed by atoms with E-state index in [-0.39, 0.29) is 11.3 Å². The Morgan fingerprint density at radius 3 is 2.24 bits per heavy atom. The van der Waals surface area contributed by atoms with E-state index in [1.165, 1.54) is 0 Å². The van der Waals surface area contributed by atoms with Crippen LogP contribution in [-0.2, 0) is 6.54 Å². The predicted molar refractivity (Wildman–Crippen MR) is 102 cm³/mol. The molecular formula is C21H20N2O2. The van der Waals surface area contributed by atoms with E-state index in [9.17, 15) is 9.90 Å². The molecule has 0 unspecified atom stereocenters. The van der Waals surface area contributed by atoms with Crippen molar-refractivity contribution in [3.63, 3.8) is 0 Å². The number of benzene rings is 3. The van der Waals surface area contributed by atoms with Crippen LogP contribution in [0.2, 0.25) is 0 Å². The summed E-state index contributed by atoms with van der Waals surface area (Å²) in [4.78, 5) is 13.1. The van der Waals surface area contributed by atoms with Crippen molar-refractivity contribution in [2.24, 2.45) is 5.92 Å². The number of aromatic hydroxyl groups is 1. The molecule has 4 rings (SSSR count). The summed E-state index contributed by atoms with van der Waals surface area (Å²) in [7, 11) is 0. The fourth-order valence-electron chi connectivity index (χ4n) is 3.43. The van der Waals surface area contributed by atoms with Crippen molar-refractivity contribution in [3.8, 4) is 11.4 Å². The summed E-state index contributed by atoms with van der Waals surface area (Å²) in [5.74, 6) is 0.464. The van der Waals surface area contributed by atoms with Crippen molar-refractivity contribution in [1.29, 1.82) is 0 Å². The van der Waals surface area contributed by atoms with Gasteiger partial charge in [0.25, 0.3) is 5.56 Å². The zero-order chi connectivity index (χ0) is 17.6. The lowest BCUT2D eigenvalue weighted by Crippen LogP contribution is -2.24. The Labute approximate surface area is 145 Å². The van der Waals surface area contributed by atoms with E-state index < -0.39 is 0 Å². The van der Waals surface area contributed by atoms with Gasteiger partial charge in [-0.25, -0.2) is 9.36 Å². The van der Waals surface area contributed by atoms with Crippen molar-refractivity contribution < 1.29 is 5.11 Å². The van der Waals surface area contributed by atoms with Crippen LogP contribution in [0.3, 0.4) is 0 Å². The molecule has 0 fully saturated rings. The van der Waals surface area contributed by atoms with Crippen LogP contribution < -0.4 is 5.56 Å². The Bertz CT molecular complexity index is 1120. The highest BCUT2D eigenvalue weighted by Crippen LogP contribution is 2.33. The van der Waals surface area contributed by atoms with Gasteiger partial charge in [0.15, 0.2) is 0 Å². The maximum Gasteiger partial charge on any atom is 0.275 e. The molecule has 1 aromatic heterocycles. The summed E-state index contributed by atoms with van der Waals surface area (Å²) < 4.78 is 3.76. The summed E-state index contributed by atoms with van der Waals surface area (Å²) in [6, 6.07) is 19.1. The van der Waals surface area contributed by atoms with Gasteiger partial charge in [-0.2, -0.15) is 0 Å². The molecule has 0 aliphatic carbocycles. The summed E-state index contributed by atoms with van der Waals surface area (Å²) in [5, 5.41) is 12.6. The number of nitrogens with zero attached hydrogens (tertiary/aromatic N) is 2. The fraction of sp³-hybridized carbons (Fsp3) is 0.190. The molecule has 4 nitrogen and oxygen atoms in total. The summed E-state index contributed by atoms with van der Waals surface area (Å²) in [6.07, 6.45) is 0. The van der Waals surface area contributed by atoms with Crippen molar-refractivity contribution >= 4 is 21.7 Å². The van der Waals surface area contributed by atoms with E-state index in [1.54, 1.807) is 10.7 Å². The molecule has 0 aliphatic rings. The van der Waals surface area contributed by atoms with Crippen molar-refractivity contribution in [1.82, 2.24) is 9.36 Å². The molecule has 1 N–H and O–H groups in total. The molecule has 3 aromatic carbocycles. The third-order valence-corrected chi connectivity index (χ3v) is 4.45. The van der Waals surface area contributed by atoms with Crippen LogP contribution in [0.15, 0.2) is 65.5 Å².